The standard InChI is InChI=1S/C14H12N4O/c1-19-13-7-6-11(9-4-2-3-5-10(9)13)14-12(8-15)16-18-17-14/h2-8,15H,1H3,(H,16,17,18). The van der Waals surface area contributed by atoms with Crippen LogP contribution in [0.25, 0.3) is 22.0 Å². The molecule has 94 valence electrons. The normalized spacial score (nSPS) is 10.6. The van der Waals surface area contributed by atoms with Crippen LogP contribution in [0.15, 0.2) is 36.4 Å². The minimum Gasteiger partial charge on any atom is -0.496 e. The summed E-state index contributed by atoms with van der Waals surface area (Å²) in [7, 11) is 1.65. The van der Waals surface area contributed by atoms with Gasteiger partial charge in [0.2, 0.25) is 0 Å². The van der Waals surface area contributed by atoms with E-state index < -0.39 is 0 Å². The maximum Gasteiger partial charge on any atom is 0.131 e. The van der Waals surface area contributed by atoms with Crippen LogP contribution in [0, 0.1) is 5.41 Å². The van der Waals surface area contributed by atoms with Gasteiger partial charge < -0.3 is 10.1 Å². The number of rotatable bonds is 3. The monoisotopic (exact) mass is 252 g/mol. The van der Waals surface area contributed by atoms with Gasteiger partial charge in [-0.1, -0.05) is 24.3 Å². The molecule has 0 saturated heterocycles. The summed E-state index contributed by atoms with van der Waals surface area (Å²) in [6.07, 6.45) is 1.19. The van der Waals surface area contributed by atoms with Crippen LogP contribution in [0.2, 0.25) is 0 Å². The molecule has 1 aromatic heterocycles. The number of aromatic nitrogens is 3. The van der Waals surface area contributed by atoms with Crippen LogP contribution in [-0.4, -0.2) is 28.7 Å². The Labute approximate surface area is 109 Å². The van der Waals surface area contributed by atoms with Gasteiger partial charge in [0.15, 0.2) is 0 Å². The Kier molecular flexibility index (Phi) is 2.72. The highest BCUT2D eigenvalue weighted by Gasteiger charge is 2.13. The SMILES string of the molecule is COc1ccc(-c2n[nH]nc2C=N)c2ccccc12. The molecule has 0 aliphatic rings. The third-order valence-electron chi connectivity index (χ3n) is 3.07. The second-order valence-corrected chi connectivity index (χ2v) is 4.06. The second kappa shape index (κ2) is 4.53. The van der Waals surface area contributed by atoms with Gasteiger partial charge in [-0.05, 0) is 17.5 Å². The van der Waals surface area contributed by atoms with Crippen molar-refractivity contribution in [1.82, 2.24) is 15.4 Å². The van der Waals surface area contributed by atoms with Crippen molar-refractivity contribution < 1.29 is 4.74 Å². The first-order valence-corrected chi connectivity index (χ1v) is 5.82. The van der Waals surface area contributed by atoms with Gasteiger partial charge in [0, 0.05) is 17.2 Å². The average molecular weight is 252 g/mol. The summed E-state index contributed by atoms with van der Waals surface area (Å²) in [5.41, 5.74) is 2.13. The summed E-state index contributed by atoms with van der Waals surface area (Å²) < 4.78 is 5.37. The largest absolute Gasteiger partial charge is 0.496 e. The van der Waals surface area contributed by atoms with Gasteiger partial charge in [-0.3, -0.25) is 0 Å². The van der Waals surface area contributed by atoms with Crippen LogP contribution in [0.3, 0.4) is 0 Å². The molecule has 0 unspecified atom stereocenters. The fourth-order valence-electron chi connectivity index (χ4n) is 2.19. The van der Waals surface area contributed by atoms with E-state index in [-0.39, 0.29) is 0 Å². The summed E-state index contributed by atoms with van der Waals surface area (Å²) in [5, 5.41) is 20.1. The first-order chi connectivity index (χ1) is 9.35. The lowest BCUT2D eigenvalue weighted by Crippen LogP contribution is -1.90. The molecule has 5 nitrogen and oxygen atoms in total. The fourth-order valence-corrected chi connectivity index (χ4v) is 2.19. The summed E-state index contributed by atoms with van der Waals surface area (Å²) in [6.45, 7) is 0. The Hall–Kier alpha value is -2.69. The number of methoxy groups -OCH3 is 1. The van der Waals surface area contributed by atoms with Crippen molar-refractivity contribution in [2.24, 2.45) is 0 Å². The lowest BCUT2D eigenvalue weighted by atomic mass is 10.0. The molecule has 2 aromatic carbocycles. The van der Waals surface area contributed by atoms with Crippen molar-refractivity contribution in [2.45, 2.75) is 0 Å². The average Bonchev–Trinajstić information content (AvgIpc) is 2.94. The maximum atomic E-state index is 7.36. The van der Waals surface area contributed by atoms with Crippen molar-refractivity contribution in [3.63, 3.8) is 0 Å². The number of hydrogen-bond donors (Lipinski definition) is 2. The fraction of sp³-hybridized carbons (Fsp3) is 0.0714. The van der Waals surface area contributed by atoms with E-state index in [1.807, 2.05) is 36.4 Å². The molecule has 0 saturated carbocycles. The van der Waals surface area contributed by atoms with Crippen LogP contribution < -0.4 is 4.74 Å². The van der Waals surface area contributed by atoms with E-state index in [1.54, 1.807) is 7.11 Å². The minimum absolute atomic E-state index is 0.523. The highest BCUT2D eigenvalue weighted by Crippen LogP contribution is 2.33. The van der Waals surface area contributed by atoms with E-state index in [9.17, 15) is 0 Å². The predicted octanol–water partition coefficient (Wildman–Crippen LogP) is 2.63. The zero-order valence-corrected chi connectivity index (χ0v) is 10.3. The van der Waals surface area contributed by atoms with Crippen molar-refractivity contribution in [3.05, 3.63) is 42.1 Å². The van der Waals surface area contributed by atoms with Gasteiger partial charge in [-0.15, -0.1) is 0 Å². The van der Waals surface area contributed by atoms with Crippen LogP contribution in [0.4, 0.5) is 0 Å². The van der Waals surface area contributed by atoms with Crippen LogP contribution in [-0.2, 0) is 0 Å². The first kappa shape index (κ1) is 11.4. The van der Waals surface area contributed by atoms with Crippen molar-refractivity contribution in [1.29, 1.82) is 5.41 Å². The molecule has 0 amide bonds. The van der Waals surface area contributed by atoms with Gasteiger partial charge in [0.25, 0.3) is 0 Å². The minimum atomic E-state index is 0.523. The molecule has 0 bridgehead atoms. The zero-order valence-electron chi connectivity index (χ0n) is 10.3. The first-order valence-electron chi connectivity index (χ1n) is 5.82. The summed E-state index contributed by atoms with van der Waals surface area (Å²) in [5.74, 6) is 0.819. The molecule has 0 radical (unpaired) electrons. The van der Waals surface area contributed by atoms with Gasteiger partial charge in [-0.25, -0.2) is 0 Å². The Morgan fingerprint density at radius 2 is 1.89 bits per heavy atom. The highest BCUT2D eigenvalue weighted by molar-refractivity contribution is 6.01. The van der Waals surface area contributed by atoms with Crippen molar-refractivity contribution in [2.75, 3.05) is 7.11 Å². The molecule has 1 heterocycles. The van der Waals surface area contributed by atoms with Crippen molar-refractivity contribution in [3.8, 4) is 17.0 Å². The third-order valence-corrected chi connectivity index (χ3v) is 3.07. The lowest BCUT2D eigenvalue weighted by molar-refractivity contribution is 0.420. The topological polar surface area (TPSA) is 74.7 Å². The van der Waals surface area contributed by atoms with Gasteiger partial charge >= 0.3 is 0 Å². The number of nitrogens with zero attached hydrogens (tertiary/aromatic N) is 2. The molecule has 0 fully saturated rings. The van der Waals surface area contributed by atoms with Gasteiger partial charge in [-0.2, -0.15) is 15.4 Å². The molecule has 0 aliphatic heterocycles. The molecule has 2 N–H and O–H groups in total. The van der Waals surface area contributed by atoms with E-state index in [0.717, 1.165) is 22.1 Å². The van der Waals surface area contributed by atoms with Crippen LogP contribution >= 0.6 is 0 Å². The number of benzene rings is 2. The lowest BCUT2D eigenvalue weighted by Gasteiger charge is -2.09. The Balaban J connectivity index is 2.34. The van der Waals surface area contributed by atoms with E-state index in [1.165, 1.54) is 6.21 Å². The van der Waals surface area contributed by atoms with Crippen molar-refractivity contribution >= 4 is 17.0 Å². The Morgan fingerprint density at radius 1 is 1.11 bits per heavy atom. The molecule has 0 aliphatic carbocycles. The number of ether oxygens (including phenoxy) is 1. The molecule has 3 rings (SSSR count). The second-order valence-electron chi connectivity index (χ2n) is 4.06. The number of nitrogens with one attached hydrogen (secondary N) is 2. The summed E-state index contributed by atoms with van der Waals surface area (Å²) >= 11 is 0. The number of fused-ring (bicyclic) bond motifs is 1. The number of hydrogen-bond acceptors (Lipinski definition) is 4. The Morgan fingerprint density at radius 3 is 2.63 bits per heavy atom. The molecule has 0 atom stereocenters. The smallest absolute Gasteiger partial charge is 0.131 e. The molecular formula is C14H12N4O. The van der Waals surface area contributed by atoms with Crippen LogP contribution in [0.5, 0.6) is 5.75 Å². The number of H-pyrrole nitrogens is 1. The third kappa shape index (κ3) is 1.76. The van der Waals surface area contributed by atoms with E-state index in [0.29, 0.717) is 11.4 Å². The Bertz CT molecular complexity index is 748. The molecule has 19 heavy (non-hydrogen) atoms. The van der Waals surface area contributed by atoms with Gasteiger partial charge in [0.05, 0.1) is 7.11 Å². The number of aromatic amines is 1. The summed E-state index contributed by atoms with van der Waals surface area (Å²) in [6, 6.07) is 11.8. The van der Waals surface area contributed by atoms with E-state index in [2.05, 4.69) is 15.4 Å². The van der Waals surface area contributed by atoms with Gasteiger partial charge in [0.1, 0.15) is 17.1 Å². The van der Waals surface area contributed by atoms with E-state index in [4.69, 9.17) is 10.1 Å². The zero-order chi connectivity index (χ0) is 13.2. The summed E-state index contributed by atoms with van der Waals surface area (Å²) in [4.78, 5) is 0. The molecule has 3 aromatic rings. The highest BCUT2D eigenvalue weighted by atomic mass is 16.5. The van der Waals surface area contributed by atoms with E-state index >= 15 is 0 Å². The molecular weight excluding hydrogens is 240 g/mol. The quantitative estimate of drug-likeness (QED) is 0.703. The predicted molar refractivity (Wildman–Crippen MR) is 73.8 cm³/mol. The molecule has 5 heteroatoms. The maximum absolute atomic E-state index is 7.36. The van der Waals surface area contributed by atoms with Crippen LogP contribution in [0.1, 0.15) is 5.69 Å². The molecule has 0 spiro atoms.